The van der Waals surface area contributed by atoms with Crippen LogP contribution in [0.2, 0.25) is 0 Å². The van der Waals surface area contributed by atoms with Gasteiger partial charge in [-0.1, -0.05) is 12.2 Å². The zero-order valence-electron chi connectivity index (χ0n) is 9.13. The zero-order valence-corrected chi connectivity index (χ0v) is 9.13. The number of amides is 1. The van der Waals surface area contributed by atoms with Crippen LogP contribution in [0.3, 0.4) is 0 Å². The largest absolute Gasteiger partial charge is 0.381 e. The highest BCUT2D eigenvalue weighted by atomic mass is 16.5. The van der Waals surface area contributed by atoms with Crippen LogP contribution in [0.15, 0.2) is 25.3 Å². The van der Waals surface area contributed by atoms with E-state index in [2.05, 4.69) is 18.5 Å². The first-order valence-electron chi connectivity index (χ1n) is 5.33. The average molecular weight is 209 g/mol. The predicted octanol–water partition coefficient (Wildman–Crippen LogP) is 1.66. The maximum Gasteiger partial charge on any atom is 0.226 e. The molecule has 0 aliphatic carbocycles. The molecule has 0 radical (unpaired) electrons. The van der Waals surface area contributed by atoms with Crippen molar-refractivity contribution in [1.82, 2.24) is 5.32 Å². The highest BCUT2D eigenvalue weighted by molar-refractivity contribution is 5.83. The molecule has 1 aliphatic rings. The number of carbonyl (C=O) groups is 1. The monoisotopic (exact) mass is 209 g/mol. The second-order valence-corrected chi connectivity index (χ2v) is 3.88. The van der Waals surface area contributed by atoms with Crippen molar-refractivity contribution in [3.8, 4) is 0 Å². The van der Waals surface area contributed by atoms with Crippen LogP contribution in [0.4, 0.5) is 0 Å². The summed E-state index contributed by atoms with van der Waals surface area (Å²) < 4.78 is 5.29. The van der Waals surface area contributed by atoms with E-state index in [1.54, 1.807) is 6.08 Å². The molecule has 1 fully saturated rings. The molecule has 0 spiro atoms. The minimum atomic E-state index is -0.303. The van der Waals surface area contributed by atoms with E-state index in [1.807, 2.05) is 6.08 Å². The van der Waals surface area contributed by atoms with E-state index < -0.39 is 0 Å². The quantitative estimate of drug-likeness (QED) is 0.699. The Morgan fingerprint density at radius 2 is 2.00 bits per heavy atom. The molecule has 0 aromatic carbocycles. The molecule has 0 saturated carbocycles. The first-order valence-corrected chi connectivity index (χ1v) is 5.33. The van der Waals surface area contributed by atoms with Gasteiger partial charge in [-0.05, 0) is 19.3 Å². The predicted molar refractivity (Wildman–Crippen MR) is 60.5 cm³/mol. The molecule has 1 saturated heterocycles. The number of ether oxygens (including phenoxy) is 1. The van der Waals surface area contributed by atoms with Crippen LogP contribution >= 0.6 is 0 Å². The minimum Gasteiger partial charge on any atom is -0.381 e. The van der Waals surface area contributed by atoms with Crippen LogP contribution in [0.25, 0.3) is 0 Å². The summed E-state index contributed by atoms with van der Waals surface area (Å²) in [6.07, 6.45) is 5.79. The molecule has 1 aliphatic heterocycles. The van der Waals surface area contributed by atoms with Gasteiger partial charge in [-0.3, -0.25) is 4.79 Å². The number of nitrogens with one attached hydrogen (secondary N) is 1. The van der Waals surface area contributed by atoms with Gasteiger partial charge in [0.1, 0.15) is 0 Å². The van der Waals surface area contributed by atoms with Crippen molar-refractivity contribution in [2.45, 2.75) is 19.3 Å². The van der Waals surface area contributed by atoms with Crippen molar-refractivity contribution >= 4 is 5.91 Å². The normalized spacial score (nSPS) is 19.2. The average Bonchev–Trinajstić information content (AvgIpc) is 2.27. The van der Waals surface area contributed by atoms with Crippen LogP contribution in [0.5, 0.6) is 0 Å². The molecule has 0 unspecified atom stereocenters. The van der Waals surface area contributed by atoms with Gasteiger partial charge >= 0.3 is 0 Å². The van der Waals surface area contributed by atoms with E-state index in [0.717, 1.165) is 19.3 Å². The third-order valence-corrected chi connectivity index (χ3v) is 2.87. The molecular weight excluding hydrogens is 190 g/mol. The molecule has 0 atom stereocenters. The molecule has 3 nitrogen and oxygen atoms in total. The third kappa shape index (κ3) is 2.93. The van der Waals surface area contributed by atoms with Gasteiger partial charge in [0.25, 0.3) is 0 Å². The lowest BCUT2D eigenvalue weighted by atomic mass is 9.76. The summed E-state index contributed by atoms with van der Waals surface area (Å²) in [4.78, 5) is 12.0. The van der Waals surface area contributed by atoms with Crippen molar-refractivity contribution in [1.29, 1.82) is 0 Å². The highest BCUT2D eigenvalue weighted by Crippen LogP contribution is 2.34. The molecule has 1 N–H and O–H groups in total. The van der Waals surface area contributed by atoms with Gasteiger partial charge in [-0.25, -0.2) is 0 Å². The summed E-state index contributed by atoms with van der Waals surface area (Å²) in [7, 11) is 0. The van der Waals surface area contributed by atoms with Crippen LogP contribution in [0, 0.1) is 5.41 Å². The van der Waals surface area contributed by atoms with E-state index in [9.17, 15) is 4.79 Å². The molecule has 1 heterocycles. The lowest BCUT2D eigenvalue weighted by molar-refractivity contribution is -0.136. The standard InChI is InChI=1S/C12H19NO2/c1-3-5-12(6-9-15-10-7-12)11(14)13-8-4-2/h3-4H,1-2,5-10H2,(H,13,14). The fourth-order valence-electron chi connectivity index (χ4n) is 1.91. The van der Waals surface area contributed by atoms with E-state index >= 15 is 0 Å². The number of hydrogen-bond donors (Lipinski definition) is 1. The van der Waals surface area contributed by atoms with Crippen molar-refractivity contribution < 1.29 is 9.53 Å². The van der Waals surface area contributed by atoms with E-state index in [4.69, 9.17) is 4.74 Å². The van der Waals surface area contributed by atoms with Gasteiger partial charge in [-0.15, -0.1) is 13.2 Å². The van der Waals surface area contributed by atoms with Gasteiger partial charge in [0.15, 0.2) is 0 Å². The molecule has 1 rings (SSSR count). The van der Waals surface area contributed by atoms with Crippen LogP contribution in [-0.2, 0) is 9.53 Å². The SMILES string of the molecule is C=CCNC(=O)C1(CC=C)CCOCC1. The number of carbonyl (C=O) groups excluding carboxylic acids is 1. The Morgan fingerprint density at radius 3 is 2.53 bits per heavy atom. The van der Waals surface area contributed by atoms with Gasteiger partial charge < -0.3 is 10.1 Å². The van der Waals surface area contributed by atoms with Gasteiger partial charge in [0.2, 0.25) is 5.91 Å². The van der Waals surface area contributed by atoms with Crippen molar-refractivity contribution in [2.24, 2.45) is 5.41 Å². The lowest BCUT2D eigenvalue weighted by Crippen LogP contribution is -2.44. The Balaban J connectivity index is 2.65. The zero-order chi connectivity index (χ0) is 11.1. The first-order chi connectivity index (χ1) is 7.25. The molecule has 0 aromatic heterocycles. The van der Waals surface area contributed by atoms with Crippen molar-refractivity contribution in [3.63, 3.8) is 0 Å². The van der Waals surface area contributed by atoms with Gasteiger partial charge in [-0.2, -0.15) is 0 Å². The van der Waals surface area contributed by atoms with E-state index in [-0.39, 0.29) is 11.3 Å². The lowest BCUT2D eigenvalue weighted by Gasteiger charge is -2.34. The molecule has 84 valence electrons. The van der Waals surface area contributed by atoms with Crippen molar-refractivity contribution in [2.75, 3.05) is 19.8 Å². The fraction of sp³-hybridized carbons (Fsp3) is 0.583. The van der Waals surface area contributed by atoms with E-state index in [1.165, 1.54) is 0 Å². The van der Waals surface area contributed by atoms with Crippen LogP contribution in [-0.4, -0.2) is 25.7 Å². The second kappa shape index (κ2) is 5.71. The summed E-state index contributed by atoms with van der Waals surface area (Å²) in [5, 5.41) is 2.87. The van der Waals surface area contributed by atoms with Gasteiger partial charge in [0.05, 0.1) is 5.41 Å². The topological polar surface area (TPSA) is 38.3 Å². The smallest absolute Gasteiger partial charge is 0.226 e. The summed E-state index contributed by atoms with van der Waals surface area (Å²) in [5.74, 6) is 0.102. The fourth-order valence-corrected chi connectivity index (χ4v) is 1.91. The molecule has 0 bridgehead atoms. The molecule has 0 aromatic rings. The number of rotatable bonds is 5. The number of hydrogen-bond acceptors (Lipinski definition) is 2. The van der Waals surface area contributed by atoms with Crippen molar-refractivity contribution in [3.05, 3.63) is 25.3 Å². The van der Waals surface area contributed by atoms with Crippen LogP contribution < -0.4 is 5.32 Å². The Hall–Kier alpha value is -1.09. The second-order valence-electron chi connectivity index (χ2n) is 3.88. The minimum absolute atomic E-state index is 0.102. The third-order valence-electron chi connectivity index (χ3n) is 2.87. The first kappa shape index (κ1) is 12.0. The van der Waals surface area contributed by atoms with Crippen LogP contribution in [0.1, 0.15) is 19.3 Å². The summed E-state index contributed by atoms with van der Waals surface area (Å²) in [6.45, 7) is 9.16. The molecular formula is C12H19NO2. The van der Waals surface area contributed by atoms with Gasteiger partial charge in [0, 0.05) is 19.8 Å². The number of allylic oxidation sites excluding steroid dienone is 1. The van der Waals surface area contributed by atoms with E-state index in [0.29, 0.717) is 19.8 Å². The Bertz CT molecular complexity index is 242. The summed E-state index contributed by atoms with van der Waals surface area (Å²) >= 11 is 0. The summed E-state index contributed by atoms with van der Waals surface area (Å²) in [5.41, 5.74) is -0.303. The Morgan fingerprint density at radius 1 is 1.33 bits per heavy atom. The molecule has 15 heavy (non-hydrogen) atoms. The maximum absolute atomic E-state index is 12.0. The maximum atomic E-state index is 12.0. The molecule has 3 heteroatoms. The molecule has 1 amide bonds. The highest BCUT2D eigenvalue weighted by Gasteiger charge is 2.38. The Kier molecular flexibility index (Phi) is 4.56. The summed E-state index contributed by atoms with van der Waals surface area (Å²) in [6, 6.07) is 0. The Labute approximate surface area is 91.2 Å².